The molecule has 3 rings (SSSR count). The van der Waals surface area contributed by atoms with E-state index in [1.54, 1.807) is 30.3 Å². The van der Waals surface area contributed by atoms with Crippen molar-refractivity contribution >= 4 is 23.5 Å². The molecule has 0 atom stereocenters. The van der Waals surface area contributed by atoms with Gasteiger partial charge in [0.2, 0.25) is 5.91 Å². The van der Waals surface area contributed by atoms with Crippen LogP contribution in [0.3, 0.4) is 0 Å². The van der Waals surface area contributed by atoms with E-state index < -0.39 is 11.4 Å². The van der Waals surface area contributed by atoms with Gasteiger partial charge in [-0.2, -0.15) is 0 Å². The van der Waals surface area contributed by atoms with Crippen LogP contribution in [-0.2, 0) is 27.4 Å². The number of carboxylic acids is 1. The van der Waals surface area contributed by atoms with Gasteiger partial charge in [-0.1, -0.05) is 30.3 Å². The van der Waals surface area contributed by atoms with Crippen LogP contribution in [0.1, 0.15) is 35.3 Å². The lowest BCUT2D eigenvalue weighted by Gasteiger charge is -2.16. The number of carboxylic acid groups (broad SMARTS) is 1. The van der Waals surface area contributed by atoms with Crippen LogP contribution in [0.4, 0.5) is 5.69 Å². The predicted molar refractivity (Wildman–Crippen MR) is 102 cm³/mol. The third kappa shape index (κ3) is 4.37. The van der Waals surface area contributed by atoms with Crippen LogP contribution in [0, 0.1) is 5.41 Å². The van der Waals surface area contributed by atoms with E-state index in [4.69, 9.17) is 4.84 Å². The molecule has 0 saturated carbocycles. The zero-order chi connectivity index (χ0) is 20.3. The highest BCUT2D eigenvalue weighted by Gasteiger charge is 2.40. The zero-order valence-electron chi connectivity index (χ0n) is 15.8. The van der Waals surface area contributed by atoms with Crippen molar-refractivity contribution in [3.05, 3.63) is 65.2 Å². The minimum Gasteiger partial charge on any atom is -0.478 e. The quantitative estimate of drug-likeness (QED) is 0.801. The van der Waals surface area contributed by atoms with Crippen molar-refractivity contribution < 1.29 is 24.3 Å². The van der Waals surface area contributed by atoms with Crippen LogP contribution in [0.15, 0.2) is 48.5 Å². The molecule has 7 heteroatoms. The SMILES string of the molecule is CC1(C)CON(Cc2ccc(NC(=O)Cc3ccccc3C(=O)O)cc2)C1=O. The Hall–Kier alpha value is -3.19. The number of anilines is 1. The summed E-state index contributed by atoms with van der Waals surface area (Å²) in [7, 11) is 0. The van der Waals surface area contributed by atoms with E-state index >= 15 is 0 Å². The number of hydrogen-bond donors (Lipinski definition) is 2. The second-order valence-corrected chi connectivity index (χ2v) is 7.38. The molecule has 2 aromatic rings. The average molecular weight is 382 g/mol. The van der Waals surface area contributed by atoms with E-state index in [0.29, 0.717) is 24.4 Å². The fourth-order valence-electron chi connectivity index (χ4n) is 2.94. The lowest BCUT2D eigenvalue weighted by Crippen LogP contribution is -2.30. The number of hydrogen-bond acceptors (Lipinski definition) is 4. The molecule has 2 amide bonds. The van der Waals surface area contributed by atoms with Crippen molar-refractivity contribution in [2.24, 2.45) is 5.41 Å². The molecular weight excluding hydrogens is 360 g/mol. The van der Waals surface area contributed by atoms with Crippen molar-refractivity contribution in [1.29, 1.82) is 0 Å². The lowest BCUT2D eigenvalue weighted by molar-refractivity contribution is -0.165. The number of nitrogens with one attached hydrogen (secondary N) is 1. The van der Waals surface area contributed by atoms with E-state index in [2.05, 4.69) is 5.32 Å². The van der Waals surface area contributed by atoms with E-state index in [9.17, 15) is 19.5 Å². The summed E-state index contributed by atoms with van der Waals surface area (Å²) in [6, 6.07) is 13.5. The molecule has 1 saturated heterocycles. The molecule has 0 bridgehead atoms. The van der Waals surface area contributed by atoms with Gasteiger partial charge in [-0.25, -0.2) is 9.86 Å². The number of nitrogens with zero attached hydrogens (tertiary/aromatic N) is 1. The number of aromatic carboxylic acids is 1. The summed E-state index contributed by atoms with van der Waals surface area (Å²) in [5, 5.41) is 13.3. The number of hydroxylamine groups is 2. The standard InChI is InChI=1S/C21H22N2O5/c1-21(2)13-28-23(20(21)27)12-14-7-9-16(10-8-14)22-18(24)11-15-5-3-4-6-17(15)19(25)26/h3-10H,11-13H2,1-2H3,(H,22,24)(H,25,26). The molecule has 7 nitrogen and oxygen atoms in total. The highest BCUT2D eigenvalue weighted by atomic mass is 16.7. The second-order valence-electron chi connectivity index (χ2n) is 7.38. The molecule has 0 spiro atoms. The maximum Gasteiger partial charge on any atom is 0.335 e. The Morgan fingerprint density at radius 1 is 1.14 bits per heavy atom. The molecule has 0 radical (unpaired) electrons. The first kappa shape index (κ1) is 19.6. The fourth-order valence-corrected chi connectivity index (χ4v) is 2.94. The summed E-state index contributed by atoms with van der Waals surface area (Å²) in [6.45, 7) is 4.38. The Morgan fingerprint density at radius 3 is 2.43 bits per heavy atom. The van der Waals surface area contributed by atoms with Crippen LogP contribution in [-0.4, -0.2) is 34.6 Å². The minimum absolute atomic E-state index is 0.0323. The zero-order valence-corrected chi connectivity index (χ0v) is 15.8. The molecule has 146 valence electrons. The van der Waals surface area contributed by atoms with E-state index in [1.807, 2.05) is 26.0 Å². The number of amides is 2. The molecular formula is C21H22N2O5. The molecule has 0 aliphatic carbocycles. The van der Waals surface area contributed by atoms with Gasteiger partial charge in [0, 0.05) is 5.69 Å². The van der Waals surface area contributed by atoms with Crippen LogP contribution in [0.25, 0.3) is 0 Å². The van der Waals surface area contributed by atoms with Gasteiger partial charge in [0.25, 0.3) is 5.91 Å². The van der Waals surface area contributed by atoms with Crippen molar-refractivity contribution in [2.75, 3.05) is 11.9 Å². The molecule has 0 aromatic heterocycles. The van der Waals surface area contributed by atoms with Crippen molar-refractivity contribution in [1.82, 2.24) is 5.06 Å². The first-order valence-corrected chi connectivity index (χ1v) is 8.91. The lowest BCUT2D eigenvalue weighted by atomic mass is 9.95. The van der Waals surface area contributed by atoms with Crippen LogP contribution >= 0.6 is 0 Å². The topological polar surface area (TPSA) is 95.9 Å². The number of carbonyl (C=O) groups is 3. The van der Waals surface area contributed by atoms with Crippen LogP contribution in [0.2, 0.25) is 0 Å². The Labute approximate surface area is 162 Å². The maximum absolute atomic E-state index is 12.3. The molecule has 2 N–H and O–H groups in total. The number of benzene rings is 2. The first-order valence-electron chi connectivity index (χ1n) is 8.91. The minimum atomic E-state index is -1.06. The number of rotatable bonds is 6. The fraction of sp³-hybridized carbons (Fsp3) is 0.286. The Bertz CT molecular complexity index is 905. The van der Waals surface area contributed by atoms with Crippen molar-refractivity contribution in [3.8, 4) is 0 Å². The van der Waals surface area contributed by atoms with Crippen LogP contribution in [0.5, 0.6) is 0 Å². The van der Waals surface area contributed by atoms with Gasteiger partial charge >= 0.3 is 5.97 Å². The van der Waals surface area contributed by atoms with Gasteiger partial charge in [-0.15, -0.1) is 0 Å². The first-order chi connectivity index (χ1) is 13.3. The van der Waals surface area contributed by atoms with Gasteiger partial charge in [-0.05, 0) is 43.2 Å². The molecule has 1 fully saturated rings. The molecule has 2 aromatic carbocycles. The highest BCUT2D eigenvalue weighted by molar-refractivity contribution is 5.96. The normalized spacial score (nSPS) is 15.5. The smallest absolute Gasteiger partial charge is 0.335 e. The highest BCUT2D eigenvalue weighted by Crippen LogP contribution is 2.28. The Morgan fingerprint density at radius 2 is 1.82 bits per heavy atom. The summed E-state index contributed by atoms with van der Waals surface area (Å²) in [4.78, 5) is 41.1. The monoisotopic (exact) mass is 382 g/mol. The van der Waals surface area contributed by atoms with Crippen molar-refractivity contribution in [3.63, 3.8) is 0 Å². The Kier molecular flexibility index (Phi) is 5.46. The van der Waals surface area contributed by atoms with Gasteiger partial charge in [-0.3, -0.25) is 14.4 Å². The van der Waals surface area contributed by atoms with Gasteiger partial charge in [0.15, 0.2) is 0 Å². The second kappa shape index (κ2) is 7.82. The predicted octanol–water partition coefficient (Wildman–Crippen LogP) is 2.87. The average Bonchev–Trinajstić information content (AvgIpc) is 2.90. The molecule has 28 heavy (non-hydrogen) atoms. The molecule has 0 unspecified atom stereocenters. The van der Waals surface area contributed by atoms with Gasteiger partial charge in [0.05, 0.1) is 30.6 Å². The maximum atomic E-state index is 12.3. The van der Waals surface area contributed by atoms with Gasteiger partial charge in [0.1, 0.15) is 0 Å². The largest absolute Gasteiger partial charge is 0.478 e. The molecule has 1 aliphatic rings. The summed E-state index contributed by atoms with van der Waals surface area (Å²) in [5.41, 5.74) is 1.53. The van der Waals surface area contributed by atoms with Crippen LogP contribution < -0.4 is 5.32 Å². The third-order valence-corrected chi connectivity index (χ3v) is 4.55. The molecule has 1 heterocycles. The summed E-state index contributed by atoms with van der Waals surface area (Å²) < 4.78 is 0. The van der Waals surface area contributed by atoms with E-state index in [0.717, 1.165) is 5.56 Å². The summed E-state index contributed by atoms with van der Waals surface area (Å²) in [6.07, 6.45) is -0.0323. The van der Waals surface area contributed by atoms with Crippen molar-refractivity contribution in [2.45, 2.75) is 26.8 Å². The summed E-state index contributed by atoms with van der Waals surface area (Å²) in [5.74, 6) is -1.42. The third-order valence-electron chi connectivity index (χ3n) is 4.55. The van der Waals surface area contributed by atoms with E-state index in [1.165, 1.54) is 11.1 Å². The Balaban J connectivity index is 1.59. The van der Waals surface area contributed by atoms with E-state index in [-0.39, 0.29) is 23.8 Å². The summed E-state index contributed by atoms with van der Waals surface area (Å²) >= 11 is 0. The van der Waals surface area contributed by atoms with Gasteiger partial charge < -0.3 is 10.4 Å². The number of carbonyl (C=O) groups excluding carboxylic acids is 2. The molecule has 1 aliphatic heterocycles.